The number of benzene rings is 3. The van der Waals surface area contributed by atoms with E-state index in [1.54, 1.807) is 13.2 Å². The van der Waals surface area contributed by atoms with Gasteiger partial charge >= 0.3 is 0 Å². The summed E-state index contributed by atoms with van der Waals surface area (Å²) in [4.78, 5) is 4.77. The van der Waals surface area contributed by atoms with E-state index in [2.05, 4.69) is 28.0 Å². The number of nitriles is 1. The van der Waals surface area contributed by atoms with E-state index in [9.17, 15) is 0 Å². The summed E-state index contributed by atoms with van der Waals surface area (Å²) in [5.41, 5.74) is 3.90. The highest BCUT2D eigenvalue weighted by Crippen LogP contribution is 2.40. The highest BCUT2D eigenvalue weighted by molar-refractivity contribution is 6.36. The normalized spacial score (nSPS) is 18.8. The molecule has 1 aliphatic rings. The number of hydrogen-bond donors (Lipinski definition) is 0. The van der Waals surface area contributed by atoms with Gasteiger partial charge in [0.2, 0.25) is 0 Å². The van der Waals surface area contributed by atoms with Crippen molar-refractivity contribution >= 4 is 40.5 Å². The minimum absolute atomic E-state index is 0.00646. The van der Waals surface area contributed by atoms with E-state index in [-0.39, 0.29) is 12.1 Å². The molecule has 2 atom stereocenters. The molecule has 0 bridgehead atoms. The van der Waals surface area contributed by atoms with Crippen LogP contribution in [0.4, 0.5) is 5.69 Å². The van der Waals surface area contributed by atoms with Gasteiger partial charge in [-0.15, -0.1) is 0 Å². The van der Waals surface area contributed by atoms with Gasteiger partial charge in [-0.25, -0.2) is 0 Å². The molecule has 1 saturated heterocycles. The van der Waals surface area contributed by atoms with Gasteiger partial charge in [0.1, 0.15) is 0 Å². The van der Waals surface area contributed by atoms with Crippen LogP contribution in [0, 0.1) is 11.3 Å². The van der Waals surface area contributed by atoms with Gasteiger partial charge in [0, 0.05) is 36.8 Å². The van der Waals surface area contributed by atoms with E-state index in [0.29, 0.717) is 27.2 Å². The van der Waals surface area contributed by atoms with Crippen molar-refractivity contribution in [3.05, 3.63) is 98.5 Å². The SMILES string of the molecule is COC[C@@H]1[C@H](c2ccc(Cl)cc2)N(c2ccc(Cl)cc2Cl)CCN1Cc1ccc(C#N)cc1. The fourth-order valence-electron chi connectivity index (χ4n) is 4.48. The molecule has 0 N–H and O–H groups in total. The van der Waals surface area contributed by atoms with Crippen LogP contribution in [-0.4, -0.2) is 37.7 Å². The van der Waals surface area contributed by atoms with Crippen LogP contribution >= 0.6 is 34.8 Å². The molecule has 4 rings (SSSR count). The summed E-state index contributed by atoms with van der Waals surface area (Å²) in [5.74, 6) is 0. The van der Waals surface area contributed by atoms with E-state index in [4.69, 9.17) is 44.8 Å². The standard InChI is InChI=1S/C26H24Cl3N3O/c1-33-17-25-26(20-6-8-21(27)9-7-20)32(24-11-10-22(28)14-23(24)29)13-12-31(25)16-19-4-2-18(15-30)3-5-19/h2-11,14,25-26H,12-13,16-17H2,1H3/t25-,26+/m1/s1. The number of anilines is 1. The molecule has 3 aromatic carbocycles. The third kappa shape index (κ3) is 5.46. The van der Waals surface area contributed by atoms with Crippen molar-refractivity contribution in [1.82, 2.24) is 4.90 Å². The second-order valence-corrected chi connectivity index (χ2v) is 9.37. The van der Waals surface area contributed by atoms with Crippen molar-refractivity contribution in [1.29, 1.82) is 5.26 Å². The van der Waals surface area contributed by atoms with E-state index < -0.39 is 0 Å². The van der Waals surface area contributed by atoms with E-state index >= 15 is 0 Å². The van der Waals surface area contributed by atoms with Crippen LogP contribution in [0.5, 0.6) is 0 Å². The molecule has 3 aromatic rings. The summed E-state index contributed by atoms with van der Waals surface area (Å²) in [5, 5.41) is 11.0. The van der Waals surface area contributed by atoms with Crippen molar-refractivity contribution < 1.29 is 4.74 Å². The maximum atomic E-state index is 9.11. The third-order valence-corrected chi connectivity index (χ3v) is 6.82. The topological polar surface area (TPSA) is 39.5 Å². The summed E-state index contributed by atoms with van der Waals surface area (Å²) in [7, 11) is 1.73. The number of halogens is 3. The lowest BCUT2D eigenvalue weighted by Gasteiger charge is -2.49. The Kier molecular flexibility index (Phi) is 7.80. The highest BCUT2D eigenvalue weighted by Gasteiger charge is 2.38. The summed E-state index contributed by atoms with van der Waals surface area (Å²) in [6.45, 7) is 2.92. The zero-order chi connectivity index (χ0) is 23.4. The van der Waals surface area contributed by atoms with Crippen molar-refractivity contribution in [3.63, 3.8) is 0 Å². The summed E-state index contributed by atoms with van der Waals surface area (Å²) >= 11 is 19.0. The Balaban J connectivity index is 1.72. The lowest BCUT2D eigenvalue weighted by atomic mass is 9.93. The minimum Gasteiger partial charge on any atom is -0.383 e. The Labute approximate surface area is 209 Å². The average Bonchev–Trinajstić information content (AvgIpc) is 2.81. The zero-order valence-corrected chi connectivity index (χ0v) is 20.5. The molecule has 170 valence electrons. The smallest absolute Gasteiger partial charge is 0.0991 e. The van der Waals surface area contributed by atoms with Gasteiger partial charge in [-0.3, -0.25) is 4.90 Å². The maximum absolute atomic E-state index is 9.11. The molecule has 1 heterocycles. The lowest BCUT2D eigenvalue weighted by Crippen LogP contribution is -2.56. The largest absolute Gasteiger partial charge is 0.383 e. The minimum atomic E-state index is -0.00646. The Morgan fingerprint density at radius 1 is 0.939 bits per heavy atom. The highest BCUT2D eigenvalue weighted by atomic mass is 35.5. The van der Waals surface area contributed by atoms with Crippen molar-refractivity contribution in [2.45, 2.75) is 18.6 Å². The predicted octanol–water partition coefficient (Wildman–Crippen LogP) is 6.60. The monoisotopic (exact) mass is 499 g/mol. The van der Waals surface area contributed by atoms with Gasteiger partial charge in [0.25, 0.3) is 0 Å². The molecule has 0 spiro atoms. The van der Waals surface area contributed by atoms with Gasteiger partial charge < -0.3 is 9.64 Å². The summed E-state index contributed by atoms with van der Waals surface area (Å²) in [6.07, 6.45) is 0. The number of piperazine rings is 1. The van der Waals surface area contributed by atoms with Crippen LogP contribution in [0.25, 0.3) is 0 Å². The van der Waals surface area contributed by atoms with Gasteiger partial charge in [-0.05, 0) is 53.6 Å². The molecule has 1 aliphatic heterocycles. The Bertz CT molecular complexity index is 1130. The Morgan fingerprint density at radius 2 is 1.64 bits per heavy atom. The first-order chi connectivity index (χ1) is 16.0. The number of hydrogen-bond acceptors (Lipinski definition) is 4. The second-order valence-electron chi connectivity index (χ2n) is 8.09. The molecule has 4 nitrogen and oxygen atoms in total. The van der Waals surface area contributed by atoms with E-state index in [1.807, 2.05) is 48.5 Å². The van der Waals surface area contributed by atoms with E-state index in [0.717, 1.165) is 36.4 Å². The first-order valence-electron chi connectivity index (χ1n) is 10.7. The molecule has 0 saturated carbocycles. The van der Waals surface area contributed by atoms with E-state index in [1.165, 1.54) is 0 Å². The van der Waals surface area contributed by atoms with Crippen LogP contribution < -0.4 is 4.90 Å². The van der Waals surface area contributed by atoms with Crippen molar-refractivity contribution in [2.24, 2.45) is 0 Å². The molecule has 33 heavy (non-hydrogen) atoms. The fourth-order valence-corrected chi connectivity index (χ4v) is 5.12. The zero-order valence-electron chi connectivity index (χ0n) is 18.2. The second kappa shape index (κ2) is 10.8. The van der Waals surface area contributed by atoms with Crippen LogP contribution in [0.3, 0.4) is 0 Å². The van der Waals surface area contributed by atoms with Crippen molar-refractivity contribution in [3.8, 4) is 6.07 Å². The predicted molar refractivity (Wildman–Crippen MR) is 135 cm³/mol. The van der Waals surface area contributed by atoms with Gasteiger partial charge in [-0.2, -0.15) is 5.26 Å². The van der Waals surface area contributed by atoms with Crippen LogP contribution in [-0.2, 0) is 11.3 Å². The van der Waals surface area contributed by atoms with Crippen molar-refractivity contribution in [2.75, 3.05) is 31.7 Å². The van der Waals surface area contributed by atoms with Crippen LogP contribution in [0.1, 0.15) is 22.7 Å². The molecule has 1 fully saturated rings. The molecule has 0 amide bonds. The van der Waals surface area contributed by atoms with Crippen LogP contribution in [0.15, 0.2) is 66.7 Å². The molecule has 0 radical (unpaired) electrons. The Morgan fingerprint density at radius 3 is 2.27 bits per heavy atom. The van der Waals surface area contributed by atoms with Crippen LogP contribution in [0.2, 0.25) is 15.1 Å². The number of nitrogens with zero attached hydrogens (tertiary/aromatic N) is 3. The molecule has 0 unspecified atom stereocenters. The maximum Gasteiger partial charge on any atom is 0.0991 e. The third-order valence-electron chi connectivity index (χ3n) is 6.03. The summed E-state index contributed by atoms with van der Waals surface area (Å²) in [6, 6.07) is 23.6. The van der Waals surface area contributed by atoms with Gasteiger partial charge in [0.15, 0.2) is 0 Å². The van der Waals surface area contributed by atoms with Gasteiger partial charge in [-0.1, -0.05) is 59.1 Å². The molecule has 7 heteroatoms. The van der Waals surface area contributed by atoms with Gasteiger partial charge in [0.05, 0.1) is 41.0 Å². The lowest BCUT2D eigenvalue weighted by molar-refractivity contribution is 0.0527. The summed E-state index contributed by atoms with van der Waals surface area (Å²) < 4.78 is 5.70. The first-order valence-corrected chi connectivity index (χ1v) is 11.8. The number of methoxy groups -OCH3 is 1. The first kappa shape index (κ1) is 23.9. The fraction of sp³-hybridized carbons (Fsp3) is 0.269. The molecular weight excluding hydrogens is 477 g/mol. The average molecular weight is 501 g/mol. The number of rotatable bonds is 6. The molecule has 0 aliphatic carbocycles. The molecular formula is C26H24Cl3N3O. The Hall–Kier alpha value is -2.26. The quantitative estimate of drug-likeness (QED) is 0.382. The number of ether oxygens (including phenoxy) is 1. The molecule has 0 aromatic heterocycles.